The van der Waals surface area contributed by atoms with Gasteiger partial charge in [0.05, 0.1) is 12.9 Å². The molecule has 0 aliphatic rings. The Hall–Kier alpha value is -2.62. The molecule has 2 amide bonds. The molecule has 25 heavy (non-hydrogen) atoms. The molecule has 0 saturated carbocycles. The number of hydrogen-bond acceptors (Lipinski definition) is 7. The first-order chi connectivity index (χ1) is 12.0. The van der Waals surface area contributed by atoms with E-state index >= 15 is 0 Å². The molecule has 0 atom stereocenters. The predicted octanol–water partition coefficient (Wildman–Crippen LogP) is 0.702. The summed E-state index contributed by atoms with van der Waals surface area (Å²) in [5, 5.41) is 11.9. The van der Waals surface area contributed by atoms with E-state index in [9.17, 15) is 9.59 Å². The number of aryl methyl sites for hydroxylation is 1. The van der Waals surface area contributed by atoms with Gasteiger partial charge in [-0.15, -0.1) is 5.10 Å². The second kappa shape index (κ2) is 9.02. The Morgan fingerprint density at radius 3 is 2.64 bits per heavy atom. The van der Waals surface area contributed by atoms with Gasteiger partial charge in [-0.05, 0) is 41.6 Å². The van der Waals surface area contributed by atoms with Crippen molar-refractivity contribution in [2.75, 3.05) is 24.3 Å². The molecule has 10 heteroatoms. The van der Waals surface area contributed by atoms with Gasteiger partial charge in [-0.3, -0.25) is 9.59 Å². The fraction of sp³-hybridized carbons (Fsp3) is 0.400. The first-order valence-electron chi connectivity index (χ1n) is 7.66. The lowest BCUT2D eigenvalue weighted by Crippen LogP contribution is -2.35. The Morgan fingerprint density at radius 2 is 2.04 bits per heavy atom. The Balaban J connectivity index is 2.10. The Labute approximate surface area is 149 Å². The number of ether oxygens (including phenoxy) is 1. The van der Waals surface area contributed by atoms with Crippen molar-refractivity contribution >= 4 is 29.3 Å². The Kier molecular flexibility index (Phi) is 6.75. The number of methoxy groups -OCH3 is 1. The maximum atomic E-state index is 12.6. The first-order valence-corrected chi connectivity index (χ1v) is 8.65. The molecular weight excluding hydrogens is 344 g/mol. The van der Waals surface area contributed by atoms with E-state index in [1.54, 1.807) is 36.1 Å². The lowest BCUT2D eigenvalue weighted by molar-refractivity contribution is -0.118. The maximum Gasteiger partial charge on any atom is 0.237 e. The summed E-state index contributed by atoms with van der Waals surface area (Å²) in [6.07, 6.45) is 0.0785. The van der Waals surface area contributed by atoms with E-state index in [1.165, 1.54) is 16.7 Å². The minimum Gasteiger partial charge on any atom is -0.497 e. The zero-order chi connectivity index (χ0) is 18.2. The van der Waals surface area contributed by atoms with Crippen molar-refractivity contribution in [2.24, 2.45) is 5.73 Å². The van der Waals surface area contributed by atoms with Crippen LogP contribution in [0.1, 0.15) is 13.3 Å². The molecular formula is C15H20N6O3S. The summed E-state index contributed by atoms with van der Waals surface area (Å²) in [6, 6.07) is 7.03. The van der Waals surface area contributed by atoms with Gasteiger partial charge in [-0.25, -0.2) is 4.68 Å². The number of tetrazole rings is 1. The van der Waals surface area contributed by atoms with Gasteiger partial charge in [-0.1, -0.05) is 11.8 Å². The van der Waals surface area contributed by atoms with Gasteiger partial charge < -0.3 is 15.4 Å². The molecule has 2 rings (SSSR count). The molecule has 2 aromatic rings. The van der Waals surface area contributed by atoms with Crippen LogP contribution in [0.2, 0.25) is 0 Å². The number of aromatic nitrogens is 4. The minimum atomic E-state index is -0.464. The SMILES string of the molecule is CCn1nnnc1SCC(=O)N(CCC(N)=O)c1ccc(OC)cc1. The number of anilines is 1. The first kappa shape index (κ1) is 18.7. The number of hydrogen-bond donors (Lipinski definition) is 1. The minimum absolute atomic E-state index is 0.0785. The third-order valence-corrected chi connectivity index (χ3v) is 4.33. The van der Waals surface area contributed by atoms with Crippen molar-refractivity contribution in [3.63, 3.8) is 0 Å². The monoisotopic (exact) mass is 364 g/mol. The van der Waals surface area contributed by atoms with Gasteiger partial charge in [-0.2, -0.15) is 0 Å². The largest absolute Gasteiger partial charge is 0.497 e. The number of benzene rings is 1. The fourth-order valence-corrected chi connectivity index (χ4v) is 2.90. The molecule has 1 aromatic carbocycles. The number of carbonyl (C=O) groups is 2. The Morgan fingerprint density at radius 1 is 1.32 bits per heavy atom. The van der Waals surface area contributed by atoms with Crippen LogP contribution < -0.4 is 15.4 Å². The molecule has 134 valence electrons. The van der Waals surface area contributed by atoms with Gasteiger partial charge >= 0.3 is 0 Å². The van der Waals surface area contributed by atoms with Gasteiger partial charge in [0.15, 0.2) is 0 Å². The summed E-state index contributed by atoms with van der Waals surface area (Å²) in [4.78, 5) is 25.3. The lowest BCUT2D eigenvalue weighted by Gasteiger charge is -2.22. The van der Waals surface area contributed by atoms with Gasteiger partial charge in [0, 0.05) is 25.2 Å². The van der Waals surface area contributed by atoms with E-state index in [1.807, 2.05) is 6.92 Å². The standard InChI is InChI=1S/C15H20N6O3S/c1-3-21-15(17-18-19-21)25-10-14(23)20(9-8-13(16)22)11-4-6-12(24-2)7-5-11/h4-7H,3,8-10H2,1-2H3,(H2,16,22). The normalized spacial score (nSPS) is 10.5. The van der Waals surface area contributed by atoms with Crippen molar-refractivity contribution in [1.82, 2.24) is 20.2 Å². The van der Waals surface area contributed by atoms with E-state index in [2.05, 4.69) is 15.5 Å². The average molecular weight is 364 g/mol. The van der Waals surface area contributed by atoms with E-state index in [4.69, 9.17) is 10.5 Å². The molecule has 0 spiro atoms. The highest BCUT2D eigenvalue weighted by atomic mass is 32.2. The molecule has 1 heterocycles. The average Bonchev–Trinajstić information content (AvgIpc) is 3.08. The summed E-state index contributed by atoms with van der Waals surface area (Å²) < 4.78 is 6.73. The van der Waals surface area contributed by atoms with Crippen LogP contribution in [0.4, 0.5) is 5.69 Å². The zero-order valence-corrected chi connectivity index (χ0v) is 14.9. The fourth-order valence-electron chi connectivity index (χ4n) is 2.08. The summed E-state index contributed by atoms with van der Waals surface area (Å²) in [5.74, 6) is 0.198. The second-order valence-corrected chi connectivity index (χ2v) is 5.97. The molecule has 0 saturated heterocycles. The summed E-state index contributed by atoms with van der Waals surface area (Å²) in [6.45, 7) is 2.74. The van der Waals surface area contributed by atoms with Crippen molar-refractivity contribution in [2.45, 2.75) is 25.0 Å². The number of primary amides is 1. The number of nitrogens with two attached hydrogens (primary N) is 1. The molecule has 0 bridgehead atoms. The highest BCUT2D eigenvalue weighted by Crippen LogP contribution is 2.22. The smallest absolute Gasteiger partial charge is 0.237 e. The summed E-state index contributed by atoms with van der Waals surface area (Å²) >= 11 is 1.25. The van der Waals surface area contributed by atoms with Crippen LogP contribution in [0.3, 0.4) is 0 Å². The number of carbonyl (C=O) groups excluding carboxylic acids is 2. The van der Waals surface area contributed by atoms with Gasteiger partial charge in [0.2, 0.25) is 17.0 Å². The topological polar surface area (TPSA) is 116 Å². The molecule has 9 nitrogen and oxygen atoms in total. The maximum absolute atomic E-state index is 12.6. The number of nitrogens with zero attached hydrogens (tertiary/aromatic N) is 5. The highest BCUT2D eigenvalue weighted by molar-refractivity contribution is 7.99. The zero-order valence-electron chi connectivity index (χ0n) is 14.1. The van der Waals surface area contributed by atoms with Crippen LogP contribution in [0.15, 0.2) is 29.4 Å². The Bertz CT molecular complexity index is 718. The van der Waals surface area contributed by atoms with E-state index in [0.717, 1.165) is 0 Å². The molecule has 0 aliphatic heterocycles. The number of amides is 2. The van der Waals surface area contributed by atoms with Crippen LogP contribution in [0.25, 0.3) is 0 Å². The van der Waals surface area contributed by atoms with Crippen LogP contribution in [-0.4, -0.2) is 51.4 Å². The van der Waals surface area contributed by atoms with Crippen molar-refractivity contribution in [3.05, 3.63) is 24.3 Å². The van der Waals surface area contributed by atoms with Crippen molar-refractivity contribution < 1.29 is 14.3 Å². The summed E-state index contributed by atoms with van der Waals surface area (Å²) in [5.41, 5.74) is 5.89. The van der Waals surface area contributed by atoms with Crippen LogP contribution in [0.5, 0.6) is 5.75 Å². The molecule has 2 N–H and O–H groups in total. The molecule has 0 unspecified atom stereocenters. The quantitative estimate of drug-likeness (QED) is 0.651. The number of rotatable bonds is 9. The van der Waals surface area contributed by atoms with E-state index in [0.29, 0.717) is 23.1 Å². The van der Waals surface area contributed by atoms with Gasteiger partial charge in [0.25, 0.3) is 0 Å². The second-order valence-electron chi connectivity index (χ2n) is 5.03. The third kappa shape index (κ3) is 5.18. The van der Waals surface area contributed by atoms with Crippen molar-refractivity contribution in [1.29, 1.82) is 0 Å². The van der Waals surface area contributed by atoms with Crippen LogP contribution >= 0.6 is 11.8 Å². The predicted molar refractivity (Wildman–Crippen MR) is 93.4 cm³/mol. The highest BCUT2D eigenvalue weighted by Gasteiger charge is 2.18. The summed E-state index contributed by atoms with van der Waals surface area (Å²) in [7, 11) is 1.57. The lowest BCUT2D eigenvalue weighted by atomic mass is 10.2. The van der Waals surface area contributed by atoms with E-state index < -0.39 is 5.91 Å². The third-order valence-electron chi connectivity index (χ3n) is 3.39. The van der Waals surface area contributed by atoms with Crippen molar-refractivity contribution in [3.8, 4) is 5.75 Å². The van der Waals surface area contributed by atoms with Crippen LogP contribution in [0, 0.1) is 0 Å². The molecule has 0 aliphatic carbocycles. The number of thioether (sulfide) groups is 1. The molecule has 0 fully saturated rings. The molecule has 1 aromatic heterocycles. The van der Waals surface area contributed by atoms with Gasteiger partial charge in [0.1, 0.15) is 5.75 Å². The van der Waals surface area contributed by atoms with Crippen LogP contribution in [-0.2, 0) is 16.1 Å². The van der Waals surface area contributed by atoms with E-state index in [-0.39, 0.29) is 24.6 Å². The molecule has 0 radical (unpaired) electrons.